The van der Waals surface area contributed by atoms with Crippen molar-refractivity contribution < 1.29 is 22.8 Å². The van der Waals surface area contributed by atoms with Crippen LogP contribution in [-0.2, 0) is 22.8 Å². The SMILES string of the molecule is CC(C)OP(=O)(CO[C@@]1(CO[Si](c2ccccc2)(c2ccccc2)C(C)(C)C)C[C@@H]1C)OC(C)C. The minimum absolute atomic E-state index is 0.0716. The Morgan fingerprint density at radius 1 is 0.914 bits per heavy atom. The van der Waals surface area contributed by atoms with Crippen LogP contribution in [0.4, 0.5) is 0 Å². The Morgan fingerprint density at radius 3 is 1.69 bits per heavy atom. The molecule has 0 N–H and O–H groups in total. The molecule has 0 unspecified atom stereocenters. The standard InChI is InChI=1S/C28H43O5PSi/c1-22(2)32-34(29,33-23(3)4)21-30-28(19-24(28)5)20-31-35(27(6,7)8,25-15-11-9-12-16-25)26-17-13-10-14-18-26/h9-18,22-24H,19-21H2,1-8H3/t24-,28+/m0/s1. The van der Waals surface area contributed by atoms with Gasteiger partial charge >= 0.3 is 7.60 Å². The summed E-state index contributed by atoms with van der Waals surface area (Å²) in [6, 6.07) is 21.2. The second kappa shape index (κ2) is 11.0. The molecule has 0 amide bonds. The van der Waals surface area contributed by atoms with Crippen molar-refractivity contribution in [2.24, 2.45) is 5.92 Å². The molecule has 7 heteroatoms. The van der Waals surface area contributed by atoms with Gasteiger partial charge in [-0.2, -0.15) is 0 Å². The van der Waals surface area contributed by atoms with Gasteiger partial charge in [-0.3, -0.25) is 4.57 Å². The predicted molar refractivity (Wildman–Crippen MR) is 146 cm³/mol. The molecule has 1 aliphatic carbocycles. The number of hydrogen-bond donors (Lipinski definition) is 0. The second-order valence-electron chi connectivity index (χ2n) is 11.3. The van der Waals surface area contributed by atoms with Crippen LogP contribution in [0.15, 0.2) is 60.7 Å². The summed E-state index contributed by atoms with van der Waals surface area (Å²) in [6.07, 6.45) is 0.347. The average Bonchev–Trinajstić information content (AvgIpc) is 3.42. The van der Waals surface area contributed by atoms with Crippen molar-refractivity contribution in [1.82, 2.24) is 0 Å². The molecule has 0 heterocycles. The van der Waals surface area contributed by atoms with E-state index in [-0.39, 0.29) is 23.6 Å². The van der Waals surface area contributed by atoms with Crippen LogP contribution in [0.1, 0.15) is 61.8 Å². The van der Waals surface area contributed by atoms with Gasteiger partial charge in [-0.1, -0.05) is 88.4 Å². The molecule has 0 saturated heterocycles. The average molecular weight is 519 g/mol. The molecule has 3 rings (SSSR count). The maximum absolute atomic E-state index is 13.4. The highest BCUT2D eigenvalue weighted by Gasteiger charge is 2.58. The predicted octanol–water partition coefficient (Wildman–Crippen LogP) is 6.36. The third kappa shape index (κ3) is 6.54. The molecule has 0 spiro atoms. The molecule has 2 aromatic carbocycles. The van der Waals surface area contributed by atoms with E-state index in [4.69, 9.17) is 18.2 Å². The van der Waals surface area contributed by atoms with Gasteiger partial charge in [-0.15, -0.1) is 0 Å². The molecule has 0 aromatic heterocycles. The van der Waals surface area contributed by atoms with Crippen molar-refractivity contribution in [3.05, 3.63) is 60.7 Å². The first kappa shape index (κ1) is 28.3. The largest absolute Gasteiger partial charge is 0.404 e. The molecule has 35 heavy (non-hydrogen) atoms. The van der Waals surface area contributed by atoms with Crippen LogP contribution >= 0.6 is 7.60 Å². The molecule has 194 valence electrons. The van der Waals surface area contributed by atoms with Crippen molar-refractivity contribution in [2.75, 3.05) is 13.0 Å². The number of hydrogen-bond acceptors (Lipinski definition) is 5. The number of benzene rings is 2. The smallest absolute Gasteiger partial charge is 0.356 e. The molecule has 1 saturated carbocycles. The summed E-state index contributed by atoms with van der Waals surface area (Å²) < 4.78 is 38.4. The van der Waals surface area contributed by atoms with E-state index in [2.05, 4.69) is 76.2 Å². The Labute approximate surface area is 213 Å². The number of rotatable bonds is 12. The Morgan fingerprint density at radius 2 is 1.34 bits per heavy atom. The van der Waals surface area contributed by atoms with Crippen molar-refractivity contribution >= 4 is 26.3 Å². The summed E-state index contributed by atoms with van der Waals surface area (Å²) in [5, 5.41) is 2.35. The maximum Gasteiger partial charge on any atom is 0.356 e. The van der Waals surface area contributed by atoms with Crippen molar-refractivity contribution in [3.8, 4) is 0 Å². The van der Waals surface area contributed by atoms with Crippen LogP contribution in [0.2, 0.25) is 5.04 Å². The first-order chi connectivity index (χ1) is 16.3. The van der Waals surface area contributed by atoms with Gasteiger partial charge in [-0.25, -0.2) is 0 Å². The quantitative estimate of drug-likeness (QED) is 0.242. The highest BCUT2D eigenvalue weighted by atomic mass is 31.2. The second-order valence-corrected chi connectivity index (χ2v) is 17.5. The van der Waals surface area contributed by atoms with Crippen LogP contribution in [-0.4, -0.2) is 39.1 Å². The van der Waals surface area contributed by atoms with E-state index < -0.39 is 21.5 Å². The molecule has 1 fully saturated rings. The summed E-state index contributed by atoms with van der Waals surface area (Å²) >= 11 is 0. The Balaban J connectivity index is 1.91. The Kier molecular flexibility index (Phi) is 8.89. The Bertz CT molecular complexity index is 936. The van der Waals surface area contributed by atoms with E-state index >= 15 is 0 Å². The fourth-order valence-corrected chi connectivity index (χ4v) is 11.3. The van der Waals surface area contributed by atoms with Crippen molar-refractivity contribution in [2.45, 2.75) is 84.7 Å². The molecule has 1 aliphatic rings. The molecule has 5 nitrogen and oxygen atoms in total. The summed E-state index contributed by atoms with van der Waals surface area (Å²) in [5.74, 6) is 0.298. The third-order valence-electron chi connectivity index (χ3n) is 6.59. The van der Waals surface area contributed by atoms with Crippen LogP contribution in [0.3, 0.4) is 0 Å². The minimum Gasteiger partial charge on any atom is -0.404 e. The minimum atomic E-state index is -3.39. The zero-order valence-electron chi connectivity index (χ0n) is 22.6. The van der Waals surface area contributed by atoms with E-state index in [1.807, 2.05) is 39.8 Å². The molecule has 0 aliphatic heterocycles. The first-order valence-corrected chi connectivity index (χ1v) is 16.3. The van der Waals surface area contributed by atoms with Gasteiger partial charge in [0.2, 0.25) is 0 Å². The zero-order chi connectivity index (χ0) is 25.9. The van der Waals surface area contributed by atoms with Crippen molar-refractivity contribution in [1.29, 1.82) is 0 Å². The van der Waals surface area contributed by atoms with Gasteiger partial charge in [0.05, 0.1) is 24.4 Å². The summed E-state index contributed by atoms with van der Waals surface area (Å²) in [5.41, 5.74) is -0.497. The lowest BCUT2D eigenvalue weighted by Crippen LogP contribution is -2.67. The lowest BCUT2D eigenvalue weighted by atomic mass is 10.2. The normalized spacial score (nSPS) is 21.0. The maximum atomic E-state index is 13.4. The molecular weight excluding hydrogens is 475 g/mol. The van der Waals surface area contributed by atoms with Gasteiger partial charge in [0.15, 0.2) is 0 Å². The fourth-order valence-electron chi connectivity index (χ4n) is 4.83. The van der Waals surface area contributed by atoms with Crippen LogP contribution in [0.5, 0.6) is 0 Å². The van der Waals surface area contributed by atoms with Crippen molar-refractivity contribution in [3.63, 3.8) is 0 Å². The summed E-state index contributed by atoms with van der Waals surface area (Å²) in [6.45, 7) is 16.8. The van der Waals surface area contributed by atoms with E-state index in [1.165, 1.54) is 10.4 Å². The summed E-state index contributed by atoms with van der Waals surface area (Å²) in [4.78, 5) is 0. The first-order valence-electron chi connectivity index (χ1n) is 12.7. The third-order valence-corrected chi connectivity index (χ3v) is 13.5. The van der Waals surface area contributed by atoms with E-state index in [0.29, 0.717) is 12.5 Å². The van der Waals surface area contributed by atoms with Gasteiger partial charge < -0.3 is 18.2 Å². The molecule has 0 radical (unpaired) electrons. The summed E-state index contributed by atoms with van der Waals surface area (Å²) in [7, 11) is -6.08. The van der Waals surface area contributed by atoms with Crippen LogP contribution < -0.4 is 10.4 Å². The fraction of sp³-hybridized carbons (Fsp3) is 0.571. The lowest BCUT2D eigenvalue weighted by molar-refractivity contribution is -0.00300. The molecule has 0 bridgehead atoms. The van der Waals surface area contributed by atoms with Crippen LogP contribution in [0, 0.1) is 5.92 Å². The Hall–Kier alpha value is -1.27. The van der Waals surface area contributed by atoms with Gasteiger partial charge in [0.25, 0.3) is 8.32 Å². The monoisotopic (exact) mass is 518 g/mol. The highest BCUT2D eigenvalue weighted by Crippen LogP contribution is 2.55. The molecule has 2 atom stereocenters. The molecular formula is C28H43O5PSi. The highest BCUT2D eigenvalue weighted by molar-refractivity contribution is 7.53. The lowest BCUT2D eigenvalue weighted by Gasteiger charge is -2.44. The topological polar surface area (TPSA) is 54.0 Å². The van der Waals surface area contributed by atoms with E-state index in [0.717, 1.165) is 6.42 Å². The van der Waals surface area contributed by atoms with Gasteiger partial charge in [0, 0.05) is 0 Å². The van der Waals surface area contributed by atoms with E-state index in [9.17, 15) is 4.57 Å². The van der Waals surface area contributed by atoms with Crippen LogP contribution in [0.25, 0.3) is 0 Å². The number of ether oxygens (including phenoxy) is 1. The zero-order valence-corrected chi connectivity index (χ0v) is 24.5. The molecule has 2 aromatic rings. The van der Waals surface area contributed by atoms with Gasteiger partial charge in [-0.05, 0) is 55.4 Å². The van der Waals surface area contributed by atoms with E-state index in [1.54, 1.807) is 0 Å². The van der Waals surface area contributed by atoms with Gasteiger partial charge in [0.1, 0.15) is 6.35 Å².